The first-order valence-corrected chi connectivity index (χ1v) is 6.32. The summed E-state index contributed by atoms with van der Waals surface area (Å²) in [6.07, 6.45) is 0. The maximum atomic E-state index is 4.64. The van der Waals surface area contributed by atoms with Crippen LogP contribution in [0.15, 0.2) is 28.7 Å². The Bertz CT molecular complexity index is 537. The SMILES string of the molecule is CNCc1cc(N(C)C)c2cc(Br)ccc2n1. The number of anilines is 1. The molecule has 1 aromatic carbocycles. The predicted octanol–water partition coefficient (Wildman–Crippen LogP) is 2.78. The van der Waals surface area contributed by atoms with E-state index in [-0.39, 0.29) is 0 Å². The number of rotatable bonds is 3. The van der Waals surface area contributed by atoms with Gasteiger partial charge in [-0.2, -0.15) is 0 Å². The summed E-state index contributed by atoms with van der Waals surface area (Å²) in [4.78, 5) is 6.76. The molecule has 0 amide bonds. The molecular formula is C13H16BrN3. The van der Waals surface area contributed by atoms with Crippen molar-refractivity contribution in [3.05, 3.63) is 34.4 Å². The molecule has 0 atom stereocenters. The zero-order valence-electron chi connectivity index (χ0n) is 10.3. The molecule has 4 heteroatoms. The fourth-order valence-electron chi connectivity index (χ4n) is 1.88. The van der Waals surface area contributed by atoms with Crippen LogP contribution in [-0.4, -0.2) is 26.1 Å². The first kappa shape index (κ1) is 12.3. The monoisotopic (exact) mass is 293 g/mol. The van der Waals surface area contributed by atoms with Gasteiger partial charge in [0.1, 0.15) is 0 Å². The van der Waals surface area contributed by atoms with Crippen LogP contribution in [0.2, 0.25) is 0 Å². The summed E-state index contributed by atoms with van der Waals surface area (Å²) in [7, 11) is 6.04. The van der Waals surface area contributed by atoms with Crippen LogP contribution in [0.5, 0.6) is 0 Å². The van der Waals surface area contributed by atoms with E-state index in [0.29, 0.717) is 0 Å². The molecule has 0 aliphatic heterocycles. The second-order valence-electron chi connectivity index (χ2n) is 4.22. The molecular weight excluding hydrogens is 278 g/mol. The molecule has 17 heavy (non-hydrogen) atoms. The van der Waals surface area contributed by atoms with Gasteiger partial charge in [0.2, 0.25) is 0 Å². The Morgan fingerprint density at radius 1 is 1.29 bits per heavy atom. The Balaban J connectivity index is 2.67. The van der Waals surface area contributed by atoms with Gasteiger partial charge in [0.25, 0.3) is 0 Å². The van der Waals surface area contributed by atoms with E-state index in [2.05, 4.69) is 57.4 Å². The van der Waals surface area contributed by atoms with Gasteiger partial charge in [-0.15, -0.1) is 0 Å². The van der Waals surface area contributed by atoms with Gasteiger partial charge in [-0.3, -0.25) is 4.98 Å². The van der Waals surface area contributed by atoms with Crippen molar-refractivity contribution in [2.75, 3.05) is 26.0 Å². The highest BCUT2D eigenvalue weighted by atomic mass is 79.9. The van der Waals surface area contributed by atoms with Crippen molar-refractivity contribution in [1.29, 1.82) is 0 Å². The number of aromatic nitrogens is 1. The van der Waals surface area contributed by atoms with E-state index in [4.69, 9.17) is 0 Å². The first-order chi connectivity index (χ1) is 8.11. The number of nitrogens with zero attached hydrogens (tertiary/aromatic N) is 2. The highest BCUT2D eigenvalue weighted by Crippen LogP contribution is 2.28. The van der Waals surface area contributed by atoms with Gasteiger partial charge in [0, 0.05) is 36.2 Å². The minimum Gasteiger partial charge on any atom is -0.377 e. The number of fused-ring (bicyclic) bond motifs is 1. The molecule has 0 bridgehead atoms. The molecule has 1 N–H and O–H groups in total. The van der Waals surface area contributed by atoms with Gasteiger partial charge in [-0.1, -0.05) is 15.9 Å². The summed E-state index contributed by atoms with van der Waals surface area (Å²) < 4.78 is 1.08. The van der Waals surface area contributed by atoms with Crippen LogP contribution >= 0.6 is 15.9 Å². The van der Waals surface area contributed by atoms with Crippen molar-refractivity contribution in [2.45, 2.75) is 6.54 Å². The van der Waals surface area contributed by atoms with E-state index in [1.165, 1.54) is 11.1 Å². The second-order valence-corrected chi connectivity index (χ2v) is 5.13. The molecule has 0 fully saturated rings. The molecule has 2 rings (SSSR count). The summed E-state index contributed by atoms with van der Waals surface area (Å²) in [5.41, 5.74) is 3.29. The van der Waals surface area contributed by atoms with E-state index >= 15 is 0 Å². The van der Waals surface area contributed by atoms with Crippen LogP contribution in [0.4, 0.5) is 5.69 Å². The first-order valence-electron chi connectivity index (χ1n) is 5.53. The topological polar surface area (TPSA) is 28.2 Å². The Morgan fingerprint density at radius 3 is 2.71 bits per heavy atom. The highest BCUT2D eigenvalue weighted by Gasteiger charge is 2.07. The molecule has 0 aliphatic rings. The summed E-state index contributed by atoms with van der Waals surface area (Å²) >= 11 is 3.51. The minimum atomic E-state index is 0.785. The summed E-state index contributed by atoms with van der Waals surface area (Å²) in [6.45, 7) is 0.785. The van der Waals surface area contributed by atoms with E-state index in [9.17, 15) is 0 Å². The third-order valence-electron chi connectivity index (χ3n) is 2.64. The van der Waals surface area contributed by atoms with Crippen molar-refractivity contribution < 1.29 is 0 Å². The summed E-state index contributed by atoms with van der Waals surface area (Å²) in [5, 5.41) is 4.31. The molecule has 0 saturated carbocycles. The molecule has 2 aromatic rings. The highest BCUT2D eigenvalue weighted by molar-refractivity contribution is 9.10. The Labute approximate surface area is 110 Å². The predicted molar refractivity (Wildman–Crippen MR) is 76.5 cm³/mol. The Morgan fingerprint density at radius 2 is 2.06 bits per heavy atom. The van der Waals surface area contributed by atoms with E-state index < -0.39 is 0 Å². The zero-order valence-corrected chi connectivity index (χ0v) is 11.9. The van der Waals surface area contributed by atoms with Crippen LogP contribution in [0.25, 0.3) is 10.9 Å². The standard InChI is InChI=1S/C13H16BrN3/c1-15-8-10-7-13(17(2)3)11-6-9(14)4-5-12(11)16-10/h4-7,15H,8H2,1-3H3. The van der Waals surface area contributed by atoms with Crippen LogP contribution in [0.3, 0.4) is 0 Å². The molecule has 0 aliphatic carbocycles. The largest absolute Gasteiger partial charge is 0.377 e. The van der Waals surface area contributed by atoms with Gasteiger partial charge < -0.3 is 10.2 Å². The maximum absolute atomic E-state index is 4.64. The van der Waals surface area contributed by atoms with E-state index in [1.807, 2.05) is 19.2 Å². The minimum absolute atomic E-state index is 0.785. The van der Waals surface area contributed by atoms with Crippen molar-refractivity contribution in [3.63, 3.8) is 0 Å². The van der Waals surface area contributed by atoms with Crippen molar-refractivity contribution in [2.24, 2.45) is 0 Å². The number of hydrogen-bond acceptors (Lipinski definition) is 3. The van der Waals surface area contributed by atoms with Gasteiger partial charge in [-0.05, 0) is 31.3 Å². The third kappa shape index (κ3) is 2.58. The number of halogens is 1. The number of nitrogens with one attached hydrogen (secondary N) is 1. The molecule has 1 heterocycles. The fourth-order valence-corrected chi connectivity index (χ4v) is 2.24. The third-order valence-corrected chi connectivity index (χ3v) is 3.13. The molecule has 3 nitrogen and oxygen atoms in total. The molecule has 0 radical (unpaired) electrons. The van der Waals surface area contributed by atoms with Crippen LogP contribution in [0.1, 0.15) is 5.69 Å². The average Bonchev–Trinajstić information content (AvgIpc) is 2.28. The normalized spacial score (nSPS) is 10.8. The molecule has 90 valence electrons. The lowest BCUT2D eigenvalue weighted by atomic mass is 10.1. The average molecular weight is 294 g/mol. The zero-order chi connectivity index (χ0) is 12.4. The fraction of sp³-hybridized carbons (Fsp3) is 0.308. The number of pyridine rings is 1. The Hall–Kier alpha value is -1.13. The molecule has 1 aromatic heterocycles. The van der Waals surface area contributed by atoms with Crippen molar-refractivity contribution in [3.8, 4) is 0 Å². The molecule has 0 saturated heterocycles. The van der Waals surface area contributed by atoms with E-state index in [0.717, 1.165) is 22.2 Å². The summed E-state index contributed by atoms with van der Waals surface area (Å²) in [6, 6.07) is 8.32. The van der Waals surface area contributed by atoms with E-state index in [1.54, 1.807) is 0 Å². The number of benzene rings is 1. The smallest absolute Gasteiger partial charge is 0.0727 e. The lowest BCUT2D eigenvalue weighted by Gasteiger charge is -2.17. The lowest BCUT2D eigenvalue weighted by molar-refractivity contribution is 0.795. The van der Waals surface area contributed by atoms with Crippen LogP contribution in [0, 0.1) is 0 Å². The lowest BCUT2D eigenvalue weighted by Crippen LogP contribution is -2.12. The van der Waals surface area contributed by atoms with Crippen molar-refractivity contribution >= 4 is 32.5 Å². The maximum Gasteiger partial charge on any atom is 0.0727 e. The Kier molecular flexibility index (Phi) is 3.64. The van der Waals surface area contributed by atoms with Gasteiger partial charge in [0.15, 0.2) is 0 Å². The van der Waals surface area contributed by atoms with Crippen molar-refractivity contribution in [1.82, 2.24) is 10.3 Å². The van der Waals surface area contributed by atoms with Gasteiger partial charge in [-0.25, -0.2) is 0 Å². The van der Waals surface area contributed by atoms with Crippen LogP contribution in [-0.2, 0) is 6.54 Å². The second kappa shape index (κ2) is 5.02. The molecule has 0 spiro atoms. The van der Waals surface area contributed by atoms with Gasteiger partial charge >= 0.3 is 0 Å². The number of hydrogen-bond donors (Lipinski definition) is 1. The van der Waals surface area contributed by atoms with Gasteiger partial charge in [0.05, 0.1) is 11.2 Å². The summed E-state index contributed by atoms with van der Waals surface area (Å²) in [5.74, 6) is 0. The molecule has 0 unspecified atom stereocenters. The van der Waals surface area contributed by atoms with Crippen LogP contribution < -0.4 is 10.2 Å². The quantitative estimate of drug-likeness (QED) is 0.943.